The minimum Gasteiger partial charge on any atom is -0.337 e. The summed E-state index contributed by atoms with van der Waals surface area (Å²) in [7, 11) is 0. The molecule has 2 aromatic rings. The molecule has 1 aliphatic carbocycles. The van der Waals surface area contributed by atoms with E-state index in [9.17, 15) is 10.1 Å². The summed E-state index contributed by atoms with van der Waals surface area (Å²) in [6, 6.07) is 16.4. The van der Waals surface area contributed by atoms with Gasteiger partial charge in [-0.15, -0.1) is 11.3 Å². The summed E-state index contributed by atoms with van der Waals surface area (Å²) in [5.74, 6) is 0.150. The zero-order valence-electron chi connectivity index (χ0n) is 13.7. The molecule has 0 saturated heterocycles. The minimum absolute atomic E-state index is 0.0220. The summed E-state index contributed by atoms with van der Waals surface area (Å²) >= 11 is 1.66. The van der Waals surface area contributed by atoms with E-state index in [-0.39, 0.29) is 24.4 Å². The van der Waals surface area contributed by atoms with Gasteiger partial charge in [-0.2, -0.15) is 5.26 Å². The third-order valence-electron chi connectivity index (χ3n) is 4.45. The fraction of sp³-hybridized carbons (Fsp3) is 0.368. The van der Waals surface area contributed by atoms with Gasteiger partial charge >= 0.3 is 0 Å². The molecule has 1 fully saturated rings. The quantitative estimate of drug-likeness (QED) is 0.814. The van der Waals surface area contributed by atoms with Crippen LogP contribution in [0, 0.1) is 17.2 Å². The highest BCUT2D eigenvalue weighted by Gasteiger charge is 2.42. The van der Waals surface area contributed by atoms with Crippen molar-refractivity contribution in [2.45, 2.75) is 31.3 Å². The van der Waals surface area contributed by atoms with Crippen molar-refractivity contribution in [1.82, 2.24) is 10.6 Å². The zero-order chi connectivity index (χ0) is 17.0. The summed E-state index contributed by atoms with van der Waals surface area (Å²) < 4.78 is 0. The topological polar surface area (TPSA) is 64.9 Å². The van der Waals surface area contributed by atoms with Crippen LogP contribution in [0.1, 0.15) is 36.2 Å². The molecule has 1 aromatic heterocycles. The van der Waals surface area contributed by atoms with Gasteiger partial charge in [-0.05, 0) is 42.7 Å². The second-order valence-corrected chi connectivity index (χ2v) is 7.36. The molecule has 1 saturated carbocycles. The highest BCUT2D eigenvalue weighted by Crippen LogP contribution is 2.39. The molecule has 0 radical (unpaired) electrons. The van der Waals surface area contributed by atoms with Gasteiger partial charge in [0.1, 0.15) is 5.54 Å². The van der Waals surface area contributed by atoms with Gasteiger partial charge in [0.25, 0.3) is 0 Å². The summed E-state index contributed by atoms with van der Waals surface area (Å²) in [5.41, 5.74) is 0.377. The Balaban J connectivity index is 1.66. The van der Waals surface area contributed by atoms with Crippen molar-refractivity contribution in [1.29, 1.82) is 5.26 Å². The average molecular weight is 339 g/mol. The van der Waals surface area contributed by atoms with Crippen LogP contribution in [0.2, 0.25) is 0 Å². The van der Waals surface area contributed by atoms with Crippen molar-refractivity contribution in [2.24, 2.45) is 5.92 Å². The van der Waals surface area contributed by atoms with Gasteiger partial charge in [-0.25, -0.2) is 0 Å². The lowest BCUT2D eigenvalue weighted by Gasteiger charge is -2.24. The Hall–Kier alpha value is -2.16. The van der Waals surface area contributed by atoms with E-state index < -0.39 is 5.54 Å². The van der Waals surface area contributed by atoms with Crippen LogP contribution in [0.3, 0.4) is 0 Å². The molecule has 124 valence electrons. The Labute approximate surface area is 146 Å². The Morgan fingerprint density at radius 2 is 2.08 bits per heavy atom. The molecule has 0 bridgehead atoms. The largest absolute Gasteiger partial charge is 0.337 e. The number of hydrogen-bond acceptors (Lipinski definition) is 4. The van der Waals surface area contributed by atoms with Crippen LogP contribution in [0.15, 0.2) is 47.8 Å². The summed E-state index contributed by atoms with van der Waals surface area (Å²) in [4.78, 5) is 13.5. The molecule has 0 aliphatic heterocycles. The van der Waals surface area contributed by atoms with E-state index in [0.717, 1.165) is 18.4 Å². The smallest absolute Gasteiger partial charge is 0.235 e. The number of nitriles is 1. The maximum atomic E-state index is 12.3. The Morgan fingerprint density at radius 1 is 1.33 bits per heavy atom. The van der Waals surface area contributed by atoms with Gasteiger partial charge in [0.05, 0.1) is 18.7 Å². The highest BCUT2D eigenvalue weighted by atomic mass is 32.1. The average Bonchev–Trinajstić information content (AvgIpc) is 3.33. The van der Waals surface area contributed by atoms with Crippen LogP contribution in [0.5, 0.6) is 0 Å². The summed E-state index contributed by atoms with van der Waals surface area (Å²) in [6.45, 7) is 2.00. The predicted molar refractivity (Wildman–Crippen MR) is 95.5 cm³/mol. The fourth-order valence-corrected chi connectivity index (χ4v) is 3.72. The first-order valence-electron chi connectivity index (χ1n) is 8.16. The number of carbonyl (C=O) groups is 1. The molecule has 1 heterocycles. The lowest BCUT2D eigenvalue weighted by atomic mass is 9.98. The van der Waals surface area contributed by atoms with E-state index in [1.807, 2.05) is 36.6 Å². The van der Waals surface area contributed by atoms with Gasteiger partial charge in [0.2, 0.25) is 5.91 Å². The number of thiophene rings is 1. The van der Waals surface area contributed by atoms with Gasteiger partial charge in [-0.3, -0.25) is 10.1 Å². The molecule has 1 aliphatic rings. The van der Waals surface area contributed by atoms with E-state index in [1.54, 1.807) is 11.3 Å². The predicted octanol–water partition coefficient (Wildman–Crippen LogP) is 3.24. The fourth-order valence-electron chi connectivity index (χ4n) is 2.89. The van der Waals surface area contributed by atoms with Crippen LogP contribution in [-0.2, 0) is 4.79 Å². The van der Waals surface area contributed by atoms with E-state index in [2.05, 4.69) is 34.9 Å². The van der Waals surface area contributed by atoms with E-state index in [4.69, 9.17) is 0 Å². The Morgan fingerprint density at radius 3 is 2.67 bits per heavy atom. The van der Waals surface area contributed by atoms with Crippen molar-refractivity contribution >= 4 is 17.2 Å². The first-order valence-corrected chi connectivity index (χ1v) is 9.04. The number of rotatable bonds is 7. The molecule has 24 heavy (non-hydrogen) atoms. The highest BCUT2D eigenvalue weighted by molar-refractivity contribution is 7.10. The van der Waals surface area contributed by atoms with Crippen LogP contribution in [0.4, 0.5) is 0 Å². The van der Waals surface area contributed by atoms with Gasteiger partial charge in [0, 0.05) is 4.88 Å². The van der Waals surface area contributed by atoms with Crippen molar-refractivity contribution in [2.75, 3.05) is 6.54 Å². The standard InChI is InChI=1S/C19H21N3OS/c1-19(13-20,15-9-10-15)22-17(23)12-21-18(16-8-5-11-24-16)14-6-3-2-4-7-14/h2-8,11,15,18,21H,9-10,12H2,1H3,(H,22,23)/t18-,19-/m1/s1. The molecule has 4 nitrogen and oxygen atoms in total. The monoisotopic (exact) mass is 339 g/mol. The summed E-state index contributed by atoms with van der Waals surface area (Å²) in [5, 5.41) is 17.6. The number of benzene rings is 1. The molecule has 3 rings (SSSR count). The second-order valence-electron chi connectivity index (χ2n) is 6.38. The van der Waals surface area contributed by atoms with Crippen LogP contribution in [0.25, 0.3) is 0 Å². The van der Waals surface area contributed by atoms with Gasteiger partial charge in [0.15, 0.2) is 0 Å². The number of hydrogen-bond donors (Lipinski definition) is 2. The van der Waals surface area contributed by atoms with E-state index >= 15 is 0 Å². The molecule has 0 unspecified atom stereocenters. The zero-order valence-corrected chi connectivity index (χ0v) is 14.5. The van der Waals surface area contributed by atoms with Gasteiger partial charge < -0.3 is 5.32 Å². The van der Waals surface area contributed by atoms with Crippen LogP contribution >= 0.6 is 11.3 Å². The van der Waals surface area contributed by atoms with Crippen LogP contribution < -0.4 is 10.6 Å². The maximum absolute atomic E-state index is 12.3. The lowest BCUT2D eigenvalue weighted by molar-refractivity contribution is -0.121. The number of amides is 1. The Kier molecular flexibility index (Phi) is 4.98. The Bertz CT molecular complexity index is 719. The van der Waals surface area contributed by atoms with Gasteiger partial charge in [-0.1, -0.05) is 36.4 Å². The number of nitrogens with zero attached hydrogens (tertiary/aromatic N) is 1. The molecular weight excluding hydrogens is 318 g/mol. The van der Waals surface area contributed by atoms with E-state index in [0.29, 0.717) is 0 Å². The first kappa shape index (κ1) is 16.7. The number of carbonyl (C=O) groups excluding carboxylic acids is 1. The molecule has 2 atom stereocenters. The SMILES string of the molecule is C[C@](C#N)(NC(=O)CN[C@H](c1ccccc1)c1cccs1)C1CC1. The van der Waals surface area contributed by atoms with Crippen molar-refractivity contribution < 1.29 is 4.79 Å². The minimum atomic E-state index is -0.746. The number of nitrogens with one attached hydrogen (secondary N) is 2. The van der Waals surface area contributed by atoms with Crippen molar-refractivity contribution in [3.63, 3.8) is 0 Å². The third kappa shape index (κ3) is 3.84. The maximum Gasteiger partial charge on any atom is 0.235 e. The van der Waals surface area contributed by atoms with Crippen molar-refractivity contribution in [3.05, 3.63) is 58.3 Å². The molecular formula is C19H21N3OS. The van der Waals surface area contributed by atoms with E-state index in [1.165, 1.54) is 4.88 Å². The molecule has 0 spiro atoms. The first-order chi connectivity index (χ1) is 11.6. The molecule has 2 N–H and O–H groups in total. The normalized spacial score (nSPS) is 17.5. The summed E-state index contributed by atoms with van der Waals surface area (Å²) in [6.07, 6.45) is 2.03. The van der Waals surface area contributed by atoms with Crippen molar-refractivity contribution in [3.8, 4) is 6.07 Å². The second kappa shape index (κ2) is 7.16. The molecule has 1 amide bonds. The molecule has 5 heteroatoms. The third-order valence-corrected chi connectivity index (χ3v) is 5.39. The molecule has 1 aromatic carbocycles. The van der Waals surface area contributed by atoms with Crippen LogP contribution in [-0.4, -0.2) is 18.0 Å². The lowest BCUT2D eigenvalue weighted by Crippen LogP contribution is -2.49.